The lowest BCUT2D eigenvalue weighted by atomic mass is 9.99. The smallest absolute Gasteiger partial charge is 0.240 e. The summed E-state index contributed by atoms with van der Waals surface area (Å²) in [5.74, 6) is -0.975. The summed E-state index contributed by atoms with van der Waals surface area (Å²) in [6.07, 6.45) is 0. The van der Waals surface area contributed by atoms with Gasteiger partial charge in [0, 0.05) is 23.2 Å². The summed E-state index contributed by atoms with van der Waals surface area (Å²) in [6, 6.07) is 28.0. The number of halogens is 2. The number of benzene rings is 4. The molecule has 0 saturated heterocycles. The molecule has 44 heavy (non-hydrogen) atoms. The predicted octanol–water partition coefficient (Wildman–Crippen LogP) is 6.92. The number of fused-ring (bicyclic) bond motifs is 1. The highest BCUT2D eigenvalue weighted by molar-refractivity contribution is 8.00. The van der Waals surface area contributed by atoms with Gasteiger partial charge in [-0.25, -0.2) is 13.5 Å². The van der Waals surface area contributed by atoms with Crippen molar-refractivity contribution in [2.24, 2.45) is 0 Å². The zero-order valence-corrected chi connectivity index (χ0v) is 25.1. The van der Waals surface area contributed by atoms with E-state index in [-0.39, 0.29) is 36.4 Å². The second-order valence-electron chi connectivity index (χ2n) is 10.7. The lowest BCUT2D eigenvalue weighted by molar-refractivity contribution is -0.123. The first-order chi connectivity index (χ1) is 21.3. The van der Waals surface area contributed by atoms with Crippen LogP contribution >= 0.6 is 11.8 Å². The molecule has 4 aromatic carbocycles. The molecule has 1 atom stereocenters. The van der Waals surface area contributed by atoms with E-state index in [2.05, 4.69) is 5.32 Å². The van der Waals surface area contributed by atoms with Gasteiger partial charge in [-0.15, -0.1) is 11.8 Å². The number of aryl methyl sites for hydroxylation is 2. The minimum atomic E-state index is -0.572. The van der Waals surface area contributed by atoms with E-state index in [0.717, 1.165) is 27.9 Å². The third-order valence-electron chi connectivity index (χ3n) is 7.61. The number of thioether (sulfide) groups is 1. The van der Waals surface area contributed by atoms with Crippen LogP contribution in [0.4, 0.5) is 14.6 Å². The summed E-state index contributed by atoms with van der Waals surface area (Å²) in [4.78, 5) is 28.7. The van der Waals surface area contributed by atoms with Crippen LogP contribution < -0.4 is 10.2 Å². The molecule has 1 aliphatic heterocycles. The van der Waals surface area contributed by atoms with Gasteiger partial charge >= 0.3 is 0 Å². The van der Waals surface area contributed by atoms with Gasteiger partial charge in [0.15, 0.2) is 0 Å². The summed E-state index contributed by atoms with van der Waals surface area (Å²) in [6.45, 7) is 3.87. The van der Waals surface area contributed by atoms with Crippen LogP contribution in [-0.2, 0) is 16.1 Å². The fourth-order valence-corrected chi connectivity index (χ4v) is 6.69. The molecular weight excluding hydrogens is 578 g/mol. The van der Waals surface area contributed by atoms with Crippen LogP contribution in [0.2, 0.25) is 0 Å². The first kappa shape index (κ1) is 29.3. The Morgan fingerprint density at radius 3 is 2.41 bits per heavy atom. The minimum Gasteiger partial charge on any atom is -0.350 e. The largest absolute Gasteiger partial charge is 0.350 e. The Bertz CT molecular complexity index is 1840. The lowest BCUT2D eigenvalue weighted by Crippen LogP contribution is -2.42. The Hall–Kier alpha value is -4.76. The molecule has 6 rings (SSSR count). The van der Waals surface area contributed by atoms with E-state index < -0.39 is 11.2 Å². The lowest BCUT2D eigenvalue weighted by Gasteiger charge is -2.24. The van der Waals surface area contributed by atoms with Crippen molar-refractivity contribution >= 4 is 29.4 Å². The summed E-state index contributed by atoms with van der Waals surface area (Å²) in [5, 5.41) is 7.37. The number of nitrogens with zero attached hydrogens (tertiary/aromatic N) is 3. The summed E-state index contributed by atoms with van der Waals surface area (Å²) in [5.41, 5.74) is 5.98. The van der Waals surface area contributed by atoms with Gasteiger partial charge in [-0.2, -0.15) is 5.10 Å². The standard InChI is InChI=1S/C35H30F2N4O2S/c1-22-12-17-29(23(2)18-22)41-35-32(33(39-41)25-8-4-3-5-9-25)34(27-10-6-7-11-28(27)37)44-21-31(43)40(35)20-30(42)38-19-24-13-15-26(36)16-14-24/h3-18,34H,19-21H2,1-2H3,(H,38,42)/t34-/m0/s1. The molecule has 0 spiro atoms. The molecule has 0 radical (unpaired) electrons. The van der Waals surface area contributed by atoms with Crippen molar-refractivity contribution in [3.05, 3.63) is 137 Å². The number of hydrogen-bond donors (Lipinski definition) is 1. The first-order valence-corrected chi connectivity index (χ1v) is 15.3. The van der Waals surface area contributed by atoms with Crippen molar-refractivity contribution in [1.29, 1.82) is 0 Å². The average molecular weight is 609 g/mol. The van der Waals surface area contributed by atoms with E-state index >= 15 is 4.39 Å². The molecule has 6 nitrogen and oxygen atoms in total. The van der Waals surface area contributed by atoms with Crippen molar-refractivity contribution in [2.75, 3.05) is 17.2 Å². The molecule has 5 aromatic rings. The zero-order valence-electron chi connectivity index (χ0n) is 24.3. The van der Waals surface area contributed by atoms with E-state index in [1.807, 2.05) is 62.4 Å². The van der Waals surface area contributed by atoms with E-state index in [0.29, 0.717) is 22.6 Å². The second-order valence-corrected chi connectivity index (χ2v) is 11.8. The Morgan fingerprint density at radius 2 is 1.68 bits per heavy atom. The summed E-state index contributed by atoms with van der Waals surface area (Å²) < 4.78 is 30.5. The fourth-order valence-electron chi connectivity index (χ4n) is 5.48. The van der Waals surface area contributed by atoms with Crippen LogP contribution in [0.1, 0.15) is 33.1 Å². The van der Waals surface area contributed by atoms with Crippen LogP contribution in [-0.4, -0.2) is 33.9 Å². The van der Waals surface area contributed by atoms with E-state index in [1.54, 1.807) is 35.0 Å². The molecule has 0 bridgehead atoms. The quantitative estimate of drug-likeness (QED) is 0.218. The number of rotatable bonds is 7. The monoisotopic (exact) mass is 608 g/mol. The maximum atomic E-state index is 15.4. The molecule has 0 saturated carbocycles. The van der Waals surface area contributed by atoms with Crippen molar-refractivity contribution < 1.29 is 18.4 Å². The third kappa shape index (κ3) is 5.88. The maximum absolute atomic E-state index is 15.4. The molecule has 1 N–H and O–H groups in total. The molecular formula is C35H30F2N4O2S. The van der Waals surface area contributed by atoms with Crippen LogP contribution in [0.25, 0.3) is 16.9 Å². The Labute approximate surface area is 258 Å². The number of amides is 2. The number of carbonyl (C=O) groups excluding carboxylic acids is 2. The van der Waals surface area contributed by atoms with Crippen molar-refractivity contribution in [2.45, 2.75) is 25.6 Å². The van der Waals surface area contributed by atoms with Gasteiger partial charge < -0.3 is 5.32 Å². The number of carbonyl (C=O) groups is 2. The molecule has 1 aliphatic rings. The maximum Gasteiger partial charge on any atom is 0.240 e. The minimum absolute atomic E-state index is 0.0278. The molecule has 2 amide bonds. The zero-order chi connectivity index (χ0) is 30.8. The number of hydrogen-bond acceptors (Lipinski definition) is 4. The molecule has 0 unspecified atom stereocenters. The molecule has 222 valence electrons. The fraction of sp³-hybridized carbons (Fsp3) is 0.171. The SMILES string of the molecule is Cc1ccc(-n2nc(-c3ccccc3)c3c2N(CC(=O)NCc2ccc(F)cc2)C(=O)CS[C@H]3c2ccccc2F)c(C)c1. The highest BCUT2D eigenvalue weighted by Gasteiger charge is 2.38. The normalized spacial score (nSPS) is 14.7. The Morgan fingerprint density at radius 1 is 0.955 bits per heavy atom. The van der Waals surface area contributed by atoms with Gasteiger partial charge in [-0.3, -0.25) is 14.5 Å². The average Bonchev–Trinajstić information content (AvgIpc) is 3.34. The molecule has 9 heteroatoms. The predicted molar refractivity (Wildman–Crippen MR) is 170 cm³/mol. The highest BCUT2D eigenvalue weighted by Crippen LogP contribution is 2.49. The van der Waals surface area contributed by atoms with Crippen LogP contribution in [0, 0.1) is 25.5 Å². The van der Waals surface area contributed by atoms with Gasteiger partial charge in [0.1, 0.15) is 24.0 Å². The van der Waals surface area contributed by atoms with Crippen LogP contribution in [0.3, 0.4) is 0 Å². The van der Waals surface area contributed by atoms with E-state index in [9.17, 15) is 14.0 Å². The summed E-state index contributed by atoms with van der Waals surface area (Å²) in [7, 11) is 0. The van der Waals surface area contributed by atoms with Crippen molar-refractivity contribution in [1.82, 2.24) is 15.1 Å². The van der Waals surface area contributed by atoms with Gasteiger partial charge in [0.25, 0.3) is 0 Å². The highest BCUT2D eigenvalue weighted by atomic mass is 32.2. The molecule has 0 fully saturated rings. The van der Waals surface area contributed by atoms with Crippen molar-refractivity contribution in [3.63, 3.8) is 0 Å². The Kier molecular flexibility index (Phi) is 8.30. The van der Waals surface area contributed by atoms with Crippen molar-refractivity contribution in [3.8, 4) is 16.9 Å². The summed E-state index contributed by atoms with van der Waals surface area (Å²) >= 11 is 1.32. The second kappa shape index (κ2) is 12.5. The number of nitrogens with one attached hydrogen (secondary N) is 1. The van der Waals surface area contributed by atoms with Gasteiger partial charge in [0.05, 0.1) is 22.4 Å². The molecule has 1 aromatic heterocycles. The van der Waals surface area contributed by atoms with Crippen LogP contribution in [0.5, 0.6) is 0 Å². The Balaban J connectivity index is 1.53. The number of anilines is 1. The topological polar surface area (TPSA) is 67.2 Å². The third-order valence-corrected chi connectivity index (χ3v) is 8.85. The van der Waals surface area contributed by atoms with Gasteiger partial charge in [0.2, 0.25) is 11.8 Å². The van der Waals surface area contributed by atoms with Gasteiger partial charge in [-0.1, -0.05) is 78.4 Å². The molecule has 0 aliphatic carbocycles. The van der Waals surface area contributed by atoms with E-state index in [4.69, 9.17) is 5.10 Å². The first-order valence-electron chi connectivity index (χ1n) is 14.2. The molecule has 2 heterocycles. The van der Waals surface area contributed by atoms with Gasteiger partial charge in [-0.05, 0) is 49.2 Å². The van der Waals surface area contributed by atoms with Crippen LogP contribution in [0.15, 0.2) is 97.1 Å². The number of aromatic nitrogens is 2. The van der Waals surface area contributed by atoms with E-state index in [1.165, 1.54) is 34.9 Å².